The van der Waals surface area contributed by atoms with E-state index < -0.39 is 5.54 Å². The van der Waals surface area contributed by atoms with Gasteiger partial charge in [-0.25, -0.2) is 0 Å². The van der Waals surface area contributed by atoms with E-state index in [1.54, 1.807) is 23.1 Å². The Morgan fingerprint density at radius 3 is 2.80 bits per heavy atom. The summed E-state index contributed by atoms with van der Waals surface area (Å²) in [6, 6.07) is 0. The van der Waals surface area contributed by atoms with Gasteiger partial charge in [-0.2, -0.15) is 0 Å². The minimum Gasteiger partial charge on any atom is -0.394 e. The number of hydrogen-bond acceptors (Lipinski definition) is 6. The molecule has 0 radical (unpaired) electrons. The molecule has 0 aliphatic heterocycles. The third-order valence-electron chi connectivity index (χ3n) is 1.99. The van der Waals surface area contributed by atoms with Crippen molar-refractivity contribution in [3.8, 4) is 0 Å². The van der Waals surface area contributed by atoms with Crippen LogP contribution in [0.4, 0.5) is 0 Å². The zero-order valence-electron chi connectivity index (χ0n) is 9.06. The third-order valence-corrected chi connectivity index (χ3v) is 4.04. The van der Waals surface area contributed by atoms with E-state index in [9.17, 15) is 0 Å². The second kappa shape index (κ2) is 5.79. The van der Waals surface area contributed by atoms with Crippen molar-refractivity contribution in [1.82, 2.24) is 10.2 Å². The van der Waals surface area contributed by atoms with E-state index >= 15 is 0 Å². The number of nitrogens with two attached hydrogens (primary N) is 1. The Labute approximate surface area is 98.3 Å². The molecule has 0 aliphatic carbocycles. The number of aryl methyl sites for hydroxylation is 1. The van der Waals surface area contributed by atoms with Crippen LogP contribution in [0, 0.1) is 6.92 Å². The summed E-state index contributed by atoms with van der Waals surface area (Å²) >= 11 is 3.31. The highest BCUT2D eigenvalue weighted by Crippen LogP contribution is 2.23. The van der Waals surface area contributed by atoms with E-state index in [1.165, 1.54) is 0 Å². The zero-order chi connectivity index (χ0) is 11.3. The van der Waals surface area contributed by atoms with E-state index in [-0.39, 0.29) is 6.61 Å². The Bertz CT molecular complexity index is 301. The van der Waals surface area contributed by atoms with Crippen molar-refractivity contribution < 1.29 is 5.11 Å². The predicted octanol–water partition coefficient (Wildman–Crippen LogP) is 1.43. The van der Waals surface area contributed by atoms with Crippen molar-refractivity contribution in [1.29, 1.82) is 0 Å². The third kappa shape index (κ3) is 4.92. The molecule has 1 rings (SSSR count). The molecular formula is C9H17N3OS2. The van der Waals surface area contributed by atoms with Gasteiger partial charge in [-0.15, -0.1) is 10.2 Å². The number of rotatable bonds is 6. The van der Waals surface area contributed by atoms with Gasteiger partial charge in [-0.1, -0.05) is 23.1 Å². The number of aliphatic hydroxyl groups is 1. The molecular weight excluding hydrogens is 230 g/mol. The predicted molar refractivity (Wildman–Crippen MR) is 64.3 cm³/mol. The van der Waals surface area contributed by atoms with E-state index in [1.807, 2.05) is 13.8 Å². The van der Waals surface area contributed by atoms with E-state index in [0.717, 1.165) is 27.9 Å². The number of hydrogen-bond donors (Lipinski definition) is 2. The summed E-state index contributed by atoms with van der Waals surface area (Å²) in [4.78, 5) is 0. The molecule has 4 nitrogen and oxygen atoms in total. The average Bonchev–Trinajstić information content (AvgIpc) is 2.59. The molecule has 1 aromatic heterocycles. The Morgan fingerprint density at radius 2 is 2.27 bits per heavy atom. The molecule has 6 heteroatoms. The summed E-state index contributed by atoms with van der Waals surface area (Å²) in [5.41, 5.74) is 5.37. The summed E-state index contributed by atoms with van der Waals surface area (Å²) in [7, 11) is 0. The number of thioether (sulfide) groups is 1. The summed E-state index contributed by atoms with van der Waals surface area (Å²) in [6.07, 6.45) is 1.81. The van der Waals surface area contributed by atoms with Crippen molar-refractivity contribution in [2.24, 2.45) is 5.73 Å². The molecule has 0 aromatic carbocycles. The maximum absolute atomic E-state index is 8.96. The highest BCUT2D eigenvalue weighted by atomic mass is 32.2. The largest absolute Gasteiger partial charge is 0.394 e. The van der Waals surface area contributed by atoms with Crippen LogP contribution in [-0.2, 0) is 0 Å². The van der Waals surface area contributed by atoms with Crippen LogP contribution in [0.5, 0.6) is 0 Å². The SMILES string of the molecule is Cc1nnc(SCCCC(C)(N)CO)s1. The van der Waals surface area contributed by atoms with E-state index in [2.05, 4.69) is 10.2 Å². The van der Waals surface area contributed by atoms with Gasteiger partial charge in [0.25, 0.3) is 0 Å². The first-order valence-electron chi connectivity index (χ1n) is 4.86. The van der Waals surface area contributed by atoms with Gasteiger partial charge in [-0.3, -0.25) is 0 Å². The molecule has 0 amide bonds. The van der Waals surface area contributed by atoms with Crippen LogP contribution in [0.3, 0.4) is 0 Å². The number of aliphatic hydroxyl groups excluding tert-OH is 1. The van der Waals surface area contributed by atoms with Gasteiger partial charge < -0.3 is 10.8 Å². The van der Waals surface area contributed by atoms with Crippen LogP contribution in [0.25, 0.3) is 0 Å². The van der Waals surface area contributed by atoms with Crippen LogP contribution < -0.4 is 5.73 Å². The first-order valence-corrected chi connectivity index (χ1v) is 6.66. The molecule has 0 saturated carbocycles. The highest BCUT2D eigenvalue weighted by molar-refractivity contribution is 8.01. The van der Waals surface area contributed by atoms with Gasteiger partial charge >= 0.3 is 0 Å². The number of nitrogens with zero attached hydrogens (tertiary/aromatic N) is 2. The monoisotopic (exact) mass is 247 g/mol. The maximum Gasteiger partial charge on any atom is 0.174 e. The molecule has 3 N–H and O–H groups in total. The highest BCUT2D eigenvalue weighted by Gasteiger charge is 2.16. The first-order chi connectivity index (χ1) is 7.03. The molecule has 0 aliphatic rings. The van der Waals surface area contributed by atoms with Crippen molar-refractivity contribution >= 4 is 23.1 Å². The summed E-state index contributed by atoms with van der Waals surface area (Å²) in [5.74, 6) is 0.974. The average molecular weight is 247 g/mol. The molecule has 0 bridgehead atoms. The minimum atomic E-state index is -0.447. The van der Waals surface area contributed by atoms with Crippen molar-refractivity contribution in [2.45, 2.75) is 36.6 Å². The van der Waals surface area contributed by atoms with Crippen molar-refractivity contribution in [3.05, 3.63) is 5.01 Å². The first kappa shape index (κ1) is 12.9. The molecule has 1 atom stereocenters. The van der Waals surface area contributed by atoms with Crippen LogP contribution in [0.15, 0.2) is 4.34 Å². The van der Waals surface area contributed by atoms with Gasteiger partial charge in [0.1, 0.15) is 5.01 Å². The number of aromatic nitrogens is 2. The van der Waals surface area contributed by atoms with E-state index in [4.69, 9.17) is 10.8 Å². The fourth-order valence-corrected chi connectivity index (χ4v) is 2.88. The van der Waals surface area contributed by atoms with E-state index in [0.29, 0.717) is 0 Å². The lowest BCUT2D eigenvalue weighted by Gasteiger charge is -2.20. The Kier molecular flexibility index (Phi) is 4.98. The topological polar surface area (TPSA) is 72.0 Å². The van der Waals surface area contributed by atoms with Gasteiger partial charge in [0.05, 0.1) is 6.61 Å². The fourth-order valence-electron chi connectivity index (χ4n) is 1.05. The van der Waals surface area contributed by atoms with Gasteiger partial charge in [-0.05, 0) is 26.7 Å². The zero-order valence-corrected chi connectivity index (χ0v) is 10.7. The Morgan fingerprint density at radius 1 is 1.53 bits per heavy atom. The van der Waals surface area contributed by atoms with Crippen molar-refractivity contribution in [3.63, 3.8) is 0 Å². The lowest BCUT2D eigenvalue weighted by Crippen LogP contribution is -2.40. The second-order valence-corrected chi connectivity index (χ2v) is 6.37. The van der Waals surface area contributed by atoms with Crippen LogP contribution in [0.1, 0.15) is 24.8 Å². The molecule has 86 valence electrons. The standard InChI is InChI=1S/C9H17N3OS2/c1-7-11-12-8(15-7)14-5-3-4-9(2,10)6-13/h13H,3-6,10H2,1-2H3. The van der Waals surface area contributed by atoms with Crippen LogP contribution in [0.2, 0.25) is 0 Å². The molecule has 0 saturated heterocycles. The van der Waals surface area contributed by atoms with Gasteiger partial charge in [0.15, 0.2) is 4.34 Å². The smallest absolute Gasteiger partial charge is 0.174 e. The maximum atomic E-state index is 8.96. The normalized spacial score (nSPS) is 15.2. The van der Waals surface area contributed by atoms with Gasteiger partial charge in [0, 0.05) is 11.3 Å². The van der Waals surface area contributed by atoms with Gasteiger partial charge in [0.2, 0.25) is 0 Å². The lowest BCUT2D eigenvalue weighted by molar-refractivity contribution is 0.200. The Hall–Kier alpha value is -0.170. The Balaban J connectivity index is 2.17. The quantitative estimate of drug-likeness (QED) is 0.588. The fraction of sp³-hybridized carbons (Fsp3) is 0.778. The lowest BCUT2D eigenvalue weighted by atomic mass is 9.99. The molecule has 0 spiro atoms. The summed E-state index contributed by atoms with van der Waals surface area (Å²) in [6.45, 7) is 3.85. The summed E-state index contributed by atoms with van der Waals surface area (Å²) < 4.78 is 1.01. The molecule has 15 heavy (non-hydrogen) atoms. The van der Waals surface area contributed by atoms with Crippen LogP contribution in [-0.4, -0.2) is 33.2 Å². The molecule has 1 aromatic rings. The van der Waals surface area contributed by atoms with Crippen LogP contribution >= 0.6 is 23.1 Å². The molecule has 1 unspecified atom stereocenters. The van der Waals surface area contributed by atoms with Crippen molar-refractivity contribution in [2.75, 3.05) is 12.4 Å². The molecule has 1 heterocycles. The minimum absolute atomic E-state index is 0.0373. The second-order valence-electron chi connectivity index (χ2n) is 3.85. The summed E-state index contributed by atoms with van der Waals surface area (Å²) in [5, 5.41) is 17.9. The molecule has 0 fully saturated rings.